The van der Waals surface area contributed by atoms with Crippen LogP contribution in [0.1, 0.15) is 290 Å². The summed E-state index contributed by atoms with van der Waals surface area (Å²) in [6.45, 7) is 4.13. The van der Waals surface area contributed by atoms with Crippen molar-refractivity contribution in [3.8, 4) is 0 Å². The van der Waals surface area contributed by atoms with E-state index in [-0.39, 0.29) is 32.0 Å². The van der Waals surface area contributed by atoms with E-state index in [1.807, 2.05) is 21.1 Å². The molecule has 0 bridgehead atoms. The lowest BCUT2D eigenvalue weighted by atomic mass is 10.0. The first kappa shape index (κ1) is 83.2. The maximum Gasteiger partial charge on any atom is 0.306 e. The number of quaternary nitrogens is 1. The number of rotatable bonds is 64. The summed E-state index contributed by atoms with van der Waals surface area (Å²) in [4.78, 5) is 38.0. The SMILES string of the molecule is CC/C=C\C/C=C\C/C=C\C/C=C\C/C=C\C/C=C\C/C=C\C/C=C\C/C=C\C/C=C\C/C=C\CCCCCCCCCC(=O)OC(COC(=O)CCCCCCCCCCCCCCCCCCCCCCCC)COP(=O)([O-])OCC[N+](C)(C)C. The summed E-state index contributed by atoms with van der Waals surface area (Å²) >= 11 is 0. The largest absolute Gasteiger partial charge is 0.756 e. The van der Waals surface area contributed by atoms with Gasteiger partial charge in [-0.25, -0.2) is 0 Å². The van der Waals surface area contributed by atoms with Crippen molar-refractivity contribution in [2.24, 2.45) is 0 Å². The van der Waals surface area contributed by atoms with Gasteiger partial charge in [0.05, 0.1) is 27.7 Å². The molecule has 0 aromatic carbocycles. The average molecular weight is 1230 g/mol. The molecule has 0 radical (unpaired) electrons. The average Bonchev–Trinajstić information content (AvgIpc) is 3.50. The number of hydrogen-bond acceptors (Lipinski definition) is 8. The van der Waals surface area contributed by atoms with Crippen LogP contribution in [0, 0.1) is 0 Å². The highest BCUT2D eigenvalue weighted by molar-refractivity contribution is 7.45. The molecule has 0 N–H and O–H groups in total. The second-order valence-electron chi connectivity index (χ2n) is 24.5. The topological polar surface area (TPSA) is 111 Å². The maximum atomic E-state index is 12.9. The van der Waals surface area contributed by atoms with Gasteiger partial charge in [0.15, 0.2) is 6.10 Å². The molecule has 0 aliphatic heterocycles. The molecule has 0 saturated heterocycles. The van der Waals surface area contributed by atoms with Gasteiger partial charge >= 0.3 is 11.9 Å². The van der Waals surface area contributed by atoms with Gasteiger partial charge in [-0.1, -0.05) is 314 Å². The second-order valence-corrected chi connectivity index (χ2v) is 25.9. The van der Waals surface area contributed by atoms with E-state index in [0.717, 1.165) is 122 Å². The lowest BCUT2D eigenvalue weighted by Gasteiger charge is -2.28. The van der Waals surface area contributed by atoms with Gasteiger partial charge in [-0.05, 0) is 96.3 Å². The van der Waals surface area contributed by atoms with E-state index >= 15 is 0 Å². The minimum Gasteiger partial charge on any atom is -0.756 e. The number of carbonyl (C=O) groups is 2. The van der Waals surface area contributed by atoms with Gasteiger partial charge in [0, 0.05) is 12.8 Å². The highest BCUT2D eigenvalue weighted by Gasteiger charge is 2.22. The molecule has 0 rings (SSSR count). The first-order valence-electron chi connectivity index (χ1n) is 35.4. The Morgan fingerprint density at radius 1 is 0.368 bits per heavy atom. The van der Waals surface area contributed by atoms with Crippen molar-refractivity contribution >= 4 is 19.8 Å². The summed E-state index contributed by atoms with van der Waals surface area (Å²) in [7, 11) is 1.15. The Bertz CT molecular complexity index is 1930. The van der Waals surface area contributed by atoms with Gasteiger partial charge in [0.2, 0.25) is 0 Å². The monoisotopic (exact) mass is 1230 g/mol. The molecule has 87 heavy (non-hydrogen) atoms. The van der Waals surface area contributed by atoms with Crippen LogP contribution in [0.2, 0.25) is 0 Å². The van der Waals surface area contributed by atoms with Crippen molar-refractivity contribution < 1.29 is 42.1 Å². The Labute approximate surface area is 536 Å². The Balaban J connectivity index is 4.11. The number of phosphoric ester groups is 1. The Kier molecular flexibility index (Phi) is 63.6. The molecule has 9 nitrogen and oxygen atoms in total. The molecule has 2 unspecified atom stereocenters. The van der Waals surface area contributed by atoms with E-state index in [0.29, 0.717) is 17.4 Å². The molecule has 10 heteroatoms. The van der Waals surface area contributed by atoms with Crippen LogP contribution in [0.4, 0.5) is 0 Å². The van der Waals surface area contributed by atoms with E-state index in [1.165, 1.54) is 135 Å². The molecule has 498 valence electrons. The number of esters is 2. The molecule has 0 fully saturated rings. The predicted octanol–water partition coefficient (Wildman–Crippen LogP) is 22.6. The Hall–Kier alpha value is -3.85. The van der Waals surface area contributed by atoms with Crippen LogP contribution in [0.3, 0.4) is 0 Å². The van der Waals surface area contributed by atoms with Crippen molar-refractivity contribution in [1.82, 2.24) is 0 Å². The fourth-order valence-corrected chi connectivity index (χ4v) is 10.3. The number of unbranched alkanes of at least 4 members (excludes halogenated alkanes) is 28. The first-order valence-corrected chi connectivity index (χ1v) is 36.9. The van der Waals surface area contributed by atoms with Gasteiger partial charge in [0.1, 0.15) is 19.8 Å². The first-order chi connectivity index (χ1) is 42.5. The number of phosphoric acid groups is 1. The van der Waals surface area contributed by atoms with Crippen molar-refractivity contribution in [3.63, 3.8) is 0 Å². The number of hydrogen-bond donors (Lipinski definition) is 0. The molecule has 0 aromatic heterocycles. The van der Waals surface area contributed by atoms with E-state index < -0.39 is 26.5 Å². The van der Waals surface area contributed by atoms with E-state index in [2.05, 4.69) is 148 Å². The molecule has 0 saturated carbocycles. The number of ether oxygens (including phenoxy) is 2. The number of allylic oxidation sites excluding steroid dienone is 22. The summed E-state index contributed by atoms with van der Waals surface area (Å²) in [5, 5.41) is 0. The third-order valence-corrected chi connectivity index (χ3v) is 15.9. The quantitative estimate of drug-likeness (QED) is 0.0195. The number of likely N-dealkylation sites (N-methyl/N-ethyl adjacent to an activating group) is 1. The zero-order chi connectivity index (χ0) is 63.4. The Morgan fingerprint density at radius 2 is 0.655 bits per heavy atom. The third kappa shape index (κ3) is 71.1. The Morgan fingerprint density at radius 3 is 0.977 bits per heavy atom. The minimum atomic E-state index is -4.65. The van der Waals surface area contributed by atoms with Crippen molar-refractivity contribution in [1.29, 1.82) is 0 Å². The van der Waals surface area contributed by atoms with E-state index in [1.54, 1.807) is 0 Å². The van der Waals surface area contributed by atoms with Crippen LogP contribution >= 0.6 is 7.82 Å². The molecule has 0 heterocycles. The summed E-state index contributed by atoms with van der Waals surface area (Å²) in [6.07, 6.45) is 96.7. The molecule has 0 spiro atoms. The van der Waals surface area contributed by atoms with Crippen molar-refractivity contribution in [2.75, 3.05) is 47.5 Å². The molecular weight excluding hydrogens is 1100 g/mol. The molecule has 0 aliphatic carbocycles. The summed E-state index contributed by atoms with van der Waals surface area (Å²) in [5.41, 5.74) is 0. The standard InChI is InChI=1S/C77H132NO8P/c1-6-8-10-12-14-16-18-20-22-24-26-28-30-31-32-33-34-35-36-37-38-39-40-41-42-43-44-45-46-47-48-50-52-54-56-58-60-62-64-66-68-70-77(80)86-75(74-85-87(81,82)84-72-71-78(3,4)5)73-83-76(79)69-67-65-63-61-59-57-55-53-51-49-29-27-25-23-21-19-17-15-13-11-9-7-2/h8,10,14,16,20,22,26,28,31-32,34-35,37-38,40-41,43-44,46-47,50,52,75H,6-7,9,11-13,15,17-19,21,23-25,27,29-30,33,36,39,42,45,48-49,51,53-74H2,1-5H3/b10-8-,16-14-,22-20-,28-26-,32-31-,35-34-,38-37-,41-40-,44-43-,47-46-,52-50-. The van der Waals surface area contributed by atoms with E-state index in [9.17, 15) is 19.0 Å². The number of nitrogens with zero attached hydrogens (tertiary/aromatic N) is 1. The van der Waals surface area contributed by atoms with Crippen molar-refractivity contribution in [3.05, 3.63) is 134 Å². The lowest BCUT2D eigenvalue weighted by molar-refractivity contribution is -0.870. The van der Waals surface area contributed by atoms with Crippen LogP contribution in [0.25, 0.3) is 0 Å². The van der Waals surface area contributed by atoms with E-state index in [4.69, 9.17) is 18.5 Å². The summed E-state index contributed by atoms with van der Waals surface area (Å²) < 4.78 is 34.3. The molecular formula is C77H132NO8P. The van der Waals surface area contributed by atoms with Crippen LogP contribution in [0.5, 0.6) is 0 Å². The maximum absolute atomic E-state index is 12.9. The van der Waals surface area contributed by atoms with Gasteiger partial charge in [-0.3, -0.25) is 14.2 Å². The third-order valence-electron chi connectivity index (χ3n) is 14.9. The molecule has 2 atom stereocenters. The van der Waals surface area contributed by atoms with Crippen molar-refractivity contribution in [2.45, 2.75) is 296 Å². The number of carbonyl (C=O) groups excluding carboxylic acids is 2. The second kappa shape index (κ2) is 66.6. The predicted molar refractivity (Wildman–Crippen MR) is 374 cm³/mol. The van der Waals surface area contributed by atoms with Crippen LogP contribution < -0.4 is 4.89 Å². The summed E-state index contributed by atoms with van der Waals surface area (Å²) in [6, 6.07) is 0. The van der Waals surface area contributed by atoms with Crippen LogP contribution in [0.15, 0.2) is 134 Å². The van der Waals surface area contributed by atoms with Gasteiger partial charge < -0.3 is 27.9 Å². The van der Waals surface area contributed by atoms with Gasteiger partial charge in [-0.15, -0.1) is 0 Å². The fourth-order valence-electron chi connectivity index (χ4n) is 9.55. The smallest absolute Gasteiger partial charge is 0.306 e. The zero-order valence-electron chi connectivity index (χ0n) is 56.7. The summed E-state index contributed by atoms with van der Waals surface area (Å²) in [5.74, 6) is -0.843. The zero-order valence-corrected chi connectivity index (χ0v) is 57.6. The normalized spacial score (nSPS) is 14.0. The van der Waals surface area contributed by atoms with Gasteiger partial charge in [0.25, 0.3) is 7.82 Å². The lowest BCUT2D eigenvalue weighted by Crippen LogP contribution is -2.37. The van der Waals surface area contributed by atoms with Crippen LogP contribution in [-0.4, -0.2) is 70.0 Å². The molecule has 0 aliphatic rings. The van der Waals surface area contributed by atoms with Crippen LogP contribution in [-0.2, 0) is 32.7 Å². The highest BCUT2D eigenvalue weighted by Crippen LogP contribution is 2.38. The fraction of sp³-hybridized carbons (Fsp3) is 0.688. The minimum absolute atomic E-state index is 0.0376. The molecule has 0 aromatic rings. The molecule has 0 amide bonds. The van der Waals surface area contributed by atoms with Gasteiger partial charge in [-0.2, -0.15) is 0 Å². The highest BCUT2D eigenvalue weighted by atomic mass is 31.2.